The van der Waals surface area contributed by atoms with Gasteiger partial charge in [0.25, 0.3) is 5.56 Å². The van der Waals surface area contributed by atoms with Crippen LogP contribution in [0.3, 0.4) is 0 Å². The second kappa shape index (κ2) is 5.35. The number of imidazole rings is 1. The first-order valence-corrected chi connectivity index (χ1v) is 7.81. The zero-order valence-electron chi connectivity index (χ0n) is 10.9. The zero-order chi connectivity index (χ0) is 14.9. The van der Waals surface area contributed by atoms with Gasteiger partial charge >= 0.3 is 7.60 Å². The molecule has 2 rings (SSSR count). The quantitative estimate of drug-likeness (QED) is 0.564. The Bertz CT molecular complexity index is 718. The predicted octanol–water partition coefficient (Wildman–Crippen LogP) is -0.0943. The van der Waals surface area contributed by atoms with Crippen LogP contribution in [-0.4, -0.2) is 35.5 Å². The SMILES string of the molecule is C[C@@H](CCP(=O)(O)O)Cn1cnc2c(=O)[nH]c(N)nc21. The van der Waals surface area contributed by atoms with E-state index in [9.17, 15) is 9.36 Å². The van der Waals surface area contributed by atoms with Crippen LogP contribution < -0.4 is 11.3 Å². The highest BCUT2D eigenvalue weighted by atomic mass is 31.2. The summed E-state index contributed by atoms with van der Waals surface area (Å²) in [6.07, 6.45) is 1.67. The zero-order valence-corrected chi connectivity index (χ0v) is 11.7. The first kappa shape index (κ1) is 14.7. The minimum Gasteiger partial charge on any atom is -0.369 e. The van der Waals surface area contributed by atoms with E-state index in [1.54, 1.807) is 4.57 Å². The molecule has 0 aliphatic heterocycles. The summed E-state index contributed by atoms with van der Waals surface area (Å²) in [5.74, 6) is 0.00876. The standard InChI is InChI=1S/C10H16N5O4P/c1-6(2-3-20(17,18)19)4-15-5-12-7-8(15)13-10(11)14-9(7)16/h5-6H,2-4H2,1H3,(H2,17,18,19)(H3,11,13,14,16)/t6-/m0/s1. The van der Waals surface area contributed by atoms with Crippen LogP contribution in [0, 0.1) is 5.92 Å². The molecule has 9 nitrogen and oxygen atoms in total. The third-order valence-electron chi connectivity index (χ3n) is 2.91. The lowest BCUT2D eigenvalue weighted by Crippen LogP contribution is -2.14. The molecule has 1 atom stereocenters. The minimum atomic E-state index is -3.99. The number of nitrogens with zero attached hydrogens (tertiary/aromatic N) is 3. The van der Waals surface area contributed by atoms with Gasteiger partial charge < -0.3 is 20.1 Å². The molecular formula is C10H16N5O4P. The number of nitrogens with two attached hydrogens (primary N) is 1. The smallest absolute Gasteiger partial charge is 0.325 e. The van der Waals surface area contributed by atoms with Gasteiger partial charge in [0, 0.05) is 6.54 Å². The van der Waals surface area contributed by atoms with Crippen LogP contribution in [0.2, 0.25) is 0 Å². The molecular weight excluding hydrogens is 285 g/mol. The van der Waals surface area contributed by atoms with Crippen molar-refractivity contribution in [3.05, 3.63) is 16.7 Å². The number of hydrogen-bond donors (Lipinski definition) is 4. The molecule has 0 unspecified atom stereocenters. The third-order valence-corrected chi connectivity index (χ3v) is 3.76. The molecule has 0 spiro atoms. The molecule has 20 heavy (non-hydrogen) atoms. The first-order valence-electron chi connectivity index (χ1n) is 6.01. The molecule has 2 aromatic heterocycles. The van der Waals surface area contributed by atoms with E-state index in [1.165, 1.54) is 6.33 Å². The van der Waals surface area contributed by atoms with Gasteiger partial charge in [0.05, 0.1) is 12.5 Å². The van der Waals surface area contributed by atoms with Crippen molar-refractivity contribution in [2.24, 2.45) is 5.92 Å². The fourth-order valence-electron chi connectivity index (χ4n) is 1.92. The maximum absolute atomic E-state index is 11.6. The molecule has 0 bridgehead atoms. The van der Waals surface area contributed by atoms with Gasteiger partial charge in [-0.1, -0.05) is 6.92 Å². The predicted molar refractivity (Wildman–Crippen MR) is 73.3 cm³/mol. The number of anilines is 1. The van der Waals surface area contributed by atoms with Crippen molar-refractivity contribution < 1.29 is 14.4 Å². The first-order chi connectivity index (χ1) is 9.26. The Morgan fingerprint density at radius 2 is 2.25 bits per heavy atom. The van der Waals surface area contributed by atoms with Crippen LogP contribution in [0.25, 0.3) is 11.2 Å². The fourth-order valence-corrected chi connectivity index (χ4v) is 2.70. The van der Waals surface area contributed by atoms with Gasteiger partial charge in [0.15, 0.2) is 11.2 Å². The molecule has 10 heteroatoms. The van der Waals surface area contributed by atoms with Gasteiger partial charge in [-0.05, 0) is 12.3 Å². The molecule has 5 N–H and O–H groups in total. The van der Waals surface area contributed by atoms with Crippen molar-refractivity contribution in [1.29, 1.82) is 0 Å². The molecule has 0 aliphatic carbocycles. The van der Waals surface area contributed by atoms with Crippen molar-refractivity contribution >= 4 is 24.7 Å². The Balaban J connectivity index is 2.18. The lowest BCUT2D eigenvalue weighted by atomic mass is 10.1. The van der Waals surface area contributed by atoms with Gasteiger partial charge in [0.1, 0.15) is 0 Å². The van der Waals surface area contributed by atoms with Crippen LogP contribution in [-0.2, 0) is 11.1 Å². The average Bonchev–Trinajstić information content (AvgIpc) is 2.69. The topological polar surface area (TPSA) is 147 Å². The molecule has 2 aromatic rings. The largest absolute Gasteiger partial charge is 0.369 e. The van der Waals surface area contributed by atoms with Crippen molar-refractivity contribution in [3.63, 3.8) is 0 Å². The Kier molecular flexibility index (Phi) is 3.94. The van der Waals surface area contributed by atoms with Gasteiger partial charge in [-0.3, -0.25) is 14.3 Å². The molecule has 0 radical (unpaired) electrons. The van der Waals surface area contributed by atoms with E-state index in [0.29, 0.717) is 18.6 Å². The molecule has 0 saturated heterocycles. The Morgan fingerprint density at radius 1 is 1.55 bits per heavy atom. The highest BCUT2D eigenvalue weighted by molar-refractivity contribution is 7.51. The minimum absolute atomic E-state index is 0.00216. The Hall–Kier alpha value is -1.70. The number of nitrogens with one attached hydrogen (secondary N) is 1. The monoisotopic (exact) mass is 301 g/mol. The summed E-state index contributed by atoms with van der Waals surface area (Å²) >= 11 is 0. The number of fused-ring (bicyclic) bond motifs is 1. The van der Waals surface area contributed by atoms with E-state index in [4.69, 9.17) is 15.5 Å². The van der Waals surface area contributed by atoms with E-state index < -0.39 is 13.2 Å². The molecule has 110 valence electrons. The van der Waals surface area contributed by atoms with Crippen molar-refractivity contribution in [2.75, 3.05) is 11.9 Å². The van der Waals surface area contributed by atoms with E-state index in [0.717, 1.165) is 0 Å². The van der Waals surface area contributed by atoms with Crippen LogP contribution in [0.5, 0.6) is 0 Å². The van der Waals surface area contributed by atoms with Crippen molar-refractivity contribution in [1.82, 2.24) is 19.5 Å². The summed E-state index contributed by atoms with van der Waals surface area (Å²) in [5, 5.41) is 0. The summed E-state index contributed by atoms with van der Waals surface area (Å²) in [6, 6.07) is 0. The normalized spacial score (nSPS) is 13.8. The molecule has 0 saturated carbocycles. The Morgan fingerprint density at radius 3 is 2.90 bits per heavy atom. The van der Waals surface area contributed by atoms with Crippen molar-refractivity contribution in [3.8, 4) is 0 Å². The van der Waals surface area contributed by atoms with E-state index >= 15 is 0 Å². The van der Waals surface area contributed by atoms with E-state index in [-0.39, 0.29) is 23.5 Å². The summed E-state index contributed by atoms with van der Waals surface area (Å²) in [5.41, 5.74) is 5.65. The van der Waals surface area contributed by atoms with Gasteiger partial charge in [0.2, 0.25) is 5.95 Å². The second-order valence-electron chi connectivity index (χ2n) is 4.80. The summed E-state index contributed by atoms with van der Waals surface area (Å²) in [7, 11) is -3.99. The lowest BCUT2D eigenvalue weighted by molar-refractivity contribution is 0.363. The van der Waals surface area contributed by atoms with Gasteiger partial charge in [-0.25, -0.2) is 4.98 Å². The number of H-pyrrole nitrogens is 1. The number of hydrogen-bond acceptors (Lipinski definition) is 5. The number of aromatic nitrogens is 4. The molecule has 0 aromatic carbocycles. The van der Waals surface area contributed by atoms with Crippen LogP contribution in [0.4, 0.5) is 5.95 Å². The summed E-state index contributed by atoms with van der Waals surface area (Å²) < 4.78 is 12.5. The van der Waals surface area contributed by atoms with Crippen molar-refractivity contribution in [2.45, 2.75) is 19.9 Å². The molecule has 0 amide bonds. The maximum atomic E-state index is 11.6. The van der Waals surface area contributed by atoms with E-state index in [1.807, 2.05) is 6.92 Å². The summed E-state index contributed by atoms with van der Waals surface area (Å²) in [4.78, 5) is 39.7. The third kappa shape index (κ3) is 3.44. The van der Waals surface area contributed by atoms with Gasteiger partial charge in [-0.15, -0.1) is 0 Å². The van der Waals surface area contributed by atoms with E-state index in [2.05, 4.69) is 15.0 Å². The fraction of sp³-hybridized carbons (Fsp3) is 0.500. The van der Waals surface area contributed by atoms with Crippen LogP contribution >= 0.6 is 7.60 Å². The molecule has 2 heterocycles. The molecule has 0 aliphatic rings. The highest BCUT2D eigenvalue weighted by Crippen LogP contribution is 2.36. The Labute approximate surface area is 114 Å². The molecule has 0 fully saturated rings. The van der Waals surface area contributed by atoms with Crippen LogP contribution in [0.15, 0.2) is 11.1 Å². The number of aromatic amines is 1. The summed E-state index contributed by atoms with van der Waals surface area (Å²) in [6.45, 7) is 2.31. The maximum Gasteiger partial charge on any atom is 0.325 e. The average molecular weight is 301 g/mol. The van der Waals surface area contributed by atoms with Crippen LogP contribution in [0.1, 0.15) is 13.3 Å². The second-order valence-corrected chi connectivity index (χ2v) is 6.58. The number of nitrogen functional groups attached to an aromatic ring is 1. The highest BCUT2D eigenvalue weighted by Gasteiger charge is 2.16. The number of rotatable bonds is 5. The lowest BCUT2D eigenvalue weighted by Gasteiger charge is -2.13. The van der Waals surface area contributed by atoms with Gasteiger partial charge in [-0.2, -0.15) is 4.98 Å².